The summed E-state index contributed by atoms with van der Waals surface area (Å²) in [6.45, 7) is 0.200. The van der Waals surface area contributed by atoms with E-state index in [1.807, 2.05) is 30.3 Å². The van der Waals surface area contributed by atoms with E-state index in [1.165, 1.54) is 19.2 Å². The van der Waals surface area contributed by atoms with Crippen LogP contribution in [-0.4, -0.2) is 18.8 Å². The van der Waals surface area contributed by atoms with Gasteiger partial charge in [-0.15, -0.1) is 0 Å². The summed E-state index contributed by atoms with van der Waals surface area (Å²) in [6, 6.07) is 20.8. The van der Waals surface area contributed by atoms with Gasteiger partial charge < -0.3 is 14.3 Å². The van der Waals surface area contributed by atoms with Gasteiger partial charge in [-0.2, -0.15) is 0 Å². The van der Waals surface area contributed by atoms with Gasteiger partial charge in [0.25, 0.3) is 0 Å². The van der Waals surface area contributed by atoms with E-state index in [9.17, 15) is 9.18 Å². The van der Waals surface area contributed by atoms with Crippen LogP contribution in [0.4, 0.5) is 4.39 Å². The van der Waals surface area contributed by atoms with Gasteiger partial charge in [-0.1, -0.05) is 53.7 Å². The lowest BCUT2D eigenvalue weighted by atomic mass is 10.0. The van der Waals surface area contributed by atoms with Crippen LogP contribution in [0.5, 0.6) is 11.5 Å². The molecule has 4 rings (SSSR count). The van der Waals surface area contributed by atoms with Gasteiger partial charge in [0, 0.05) is 5.56 Å². The van der Waals surface area contributed by atoms with Crippen molar-refractivity contribution in [3.8, 4) is 11.5 Å². The average Bonchev–Trinajstić information content (AvgIpc) is 3.13. The minimum atomic E-state index is -0.515. The molecule has 0 atom stereocenters. The van der Waals surface area contributed by atoms with Crippen LogP contribution < -0.4 is 9.47 Å². The Morgan fingerprint density at radius 1 is 1.00 bits per heavy atom. The van der Waals surface area contributed by atoms with Gasteiger partial charge in [0.1, 0.15) is 18.1 Å². The monoisotopic (exact) mass is 403 g/mol. The van der Waals surface area contributed by atoms with Crippen LogP contribution in [0, 0.1) is 5.82 Å². The number of benzene rings is 3. The highest BCUT2D eigenvalue weighted by Crippen LogP contribution is 2.30. The number of carbonyl (C=O) groups is 1. The molecule has 0 amide bonds. The van der Waals surface area contributed by atoms with Crippen molar-refractivity contribution in [1.82, 2.24) is 0 Å². The summed E-state index contributed by atoms with van der Waals surface area (Å²) in [4.78, 5) is 17.1. The lowest BCUT2D eigenvalue weighted by Crippen LogP contribution is -2.06. The second kappa shape index (κ2) is 8.61. The normalized spacial score (nSPS) is 14.4. The maximum Gasteiger partial charge on any atom is 0.368 e. The van der Waals surface area contributed by atoms with Crippen LogP contribution in [-0.2, 0) is 16.2 Å². The molecule has 0 aromatic heterocycles. The molecule has 150 valence electrons. The number of ether oxygens (including phenoxy) is 2. The molecule has 0 saturated heterocycles. The van der Waals surface area contributed by atoms with E-state index in [0.29, 0.717) is 28.3 Å². The third-order valence-corrected chi connectivity index (χ3v) is 4.52. The number of carbonyl (C=O) groups excluding carboxylic acids is 1. The first-order valence-electron chi connectivity index (χ1n) is 9.26. The molecule has 0 spiro atoms. The molecule has 0 saturated carbocycles. The Hall–Kier alpha value is -3.93. The highest BCUT2D eigenvalue weighted by Gasteiger charge is 2.26. The average molecular weight is 403 g/mol. The van der Waals surface area contributed by atoms with E-state index in [0.717, 1.165) is 11.1 Å². The van der Waals surface area contributed by atoms with Crippen molar-refractivity contribution in [1.29, 1.82) is 0 Å². The fourth-order valence-corrected chi connectivity index (χ4v) is 3.06. The quantitative estimate of drug-likeness (QED) is 0.440. The molecular weight excluding hydrogens is 385 g/mol. The maximum atomic E-state index is 13.3. The van der Waals surface area contributed by atoms with Gasteiger partial charge in [0.05, 0.1) is 12.7 Å². The van der Waals surface area contributed by atoms with Crippen molar-refractivity contribution >= 4 is 17.8 Å². The Kier molecular flexibility index (Phi) is 5.57. The minimum absolute atomic E-state index is 0.200. The first kappa shape index (κ1) is 19.4. The summed E-state index contributed by atoms with van der Waals surface area (Å²) in [5.74, 6) is 0.170. The van der Waals surface area contributed by atoms with Crippen molar-refractivity contribution in [2.75, 3.05) is 7.11 Å². The molecule has 6 heteroatoms. The lowest BCUT2D eigenvalue weighted by Gasteiger charge is -2.12. The van der Waals surface area contributed by atoms with Gasteiger partial charge in [0.15, 0.2) is 11.5 Å². The molecule has 0 radical (unpaired) electrons. The molecule has 0 unspecified atom stereocenters. The van der Waals surface area contributed by atoms with Gasteiger partial charge in [-0.3, -0.25) is 0 Å². The van der Waals surface area contributed by atoms with Crippen molar-refractivity contribution in [2.45, 2.75) is 6.61 Å². The van der Waals surface area contributed by atoms with E-state index < -0.39 is 5.97 Å². The van der Waals surface area contributed by atoms with Crippen molar-refractivity contribution in [3.05, 3.63) is 101 Å². The number of nitrogens with zero attached hydrogens (tertiary/aromatic N) is 1. The highest BCUT2D eigenvalue weighted by atomic mass is 19.1. The second-order valence-electron chi connectivity index (χ2n) is 6.57. The third kappa shape index (κ3) is 4.22. The zero-order valence-corrected chi connectivity index (χ0v) is 16.2. The van der Waals surface area contributed by atoms with Crippen LogP contribution in [0.15, 0.2) is 83.5 Å². The highest BCUT2D eigenvalue weighted by molar-refractivity contribution is 6.31. The number of methoxy groups -OCH3 is 1. The Labute approximate surface area is 173 Å². The molecule has 1 aliphatic heterocycles. The van der Waals surface area contributed by atoms with E-state index in [1.54, 1.807) is 36.4 Å². The summed E-state index contributed by atoms with van der Waals surface area (Å²) in [5, 5.41) is 3.91. The zero-order chi connectivity index (χ0) is 20.9. The van der Waals surface area contributed by atoms with Crippen molar-refractivity contribution in [2.24, 2.45) is 5.16 Å². The third-order valence-electron chi connectivity index (χ3n) is 4.52. The molecule has 0 aliphatic carbocycles. The topological polar surface area (TPSA) is 57.1 Å². The molecule has 5 nitrogen and oxygen atoms in total. The molecule has 3 aromatic carbocycles. The summed E-state index contributed by atoms with van der Waals surface area (Å²) >= 11 is 0. The van der Waals surface area contributed by atoms with Crippen molar-refractivity contribution < 1.29 is 23.5 Å². The Morgan fingerprint density at radius 3 is 2.60 bits per heavy atom. The van der Waals surface area contributed by atoms with Gasteiger partial charge in [-0.05, 0) is 41.5 Å². The van der Waals surface area contributed by atoms with Gasteiger partial charge in [0.2, 0.25) is 0 Å². The van der Waals surface area contributed by atoms with Crippen LogP contribution in [0.2, 0.25) is 0 Å². The molecule has 3 aromatic rings. The van der Waals surface area contributed by atoms with E-state index >= 15 is 0 Å². The van der Waals surface area contributed by atoms with Gasteiger partial charge >= 0.3 is 5.97 Å². The van der Waals surface area contributed by atoms with E-state index in [2.05, 4.69) is 5.16 Å². The first-order valence-corrected chi connectivity index (χ1v) is 9.26. The van der Waals surface area contributed by atoms with Crippen LogP contribution >= 0.6 is 0 Å². The number of rotatable bonds is 6. The summed E-state index contributed by atoms with van der Waals surface area (Å²) in [7, 11) is 1.53. The fourth-order valence-electron chi connectivity index (χ4n) is 3.06. The Bertz CT molecular complexity index is 1140. The lowest BCUT2D eigenvalue weighted by molar-refractivity contribution is -0.136. The number of halogens is 1. The smallest absolute Gasteiger partial charge is 0.368 e. The Morgan fingerprint density at radius 2 is 1.83 bits per heavy atom. The number of hydrogen-bond donors (Lipinski definition) is 0. The number of hydrogen-bond acceptors (Lipinski definition) is 5. The largest absolute Gasteiger partial charge is 0.493 e. The molecule has 0 fully saturated rings. The summed E-state index contributed by atoms with van der Waals surface area (Å²) in [5.41, 5.74) is 3.06. The molecule has 1 aliphatic rings. The molecule has 0 bridgehead atoms. The summed E-state index contributed by atoms with van der Waals surface area (Å²) < 4.78 is 24.5. The van der Waals surface area contributed by atoms with Crippen LogP contribution in [0.25, 0.3) is 6.08 Å². The standard InChI is InChI=1S/C24H18FNO4/c1-28-22-14-16(10-11-21(22)29-15-17-6-5-9-19(25)12-17)13-20-23(26-30-24(20)27)18-7-3-2-4-8-18/h2-14H,15H2,1H3/b20-13-. The molecule has 0 N–H and O–H groups in total. The minimum Gasteiger partial charge on any atom is -0.493 e. The molecule has 30 heavy (non-hydrogen) atoms. The first-order chi connectivity index (χ1) is 14.6. The predicted molar refractivity (Wildman–Crippen MR) is 111 cm³/mol. The maximum absolute atomic E-state index is 13.3. The van der Waals surface area contributed by atoms with Crippen molar-refractivity contribution in [3.63, 3.8) is 0 Å². The molecule has 1 heterocycles. The second-order valence-corrected chi connectivity index (χ2v) is 6.57. The van der Waals surface area contributed by atoms with Crippen LogP contribution in [0.1, 0.15) is 16.7 Å². The predicted octanol–water partition coefficient (Wildman–Crippen LogP) is 4.76. The molecular formula is C24H18FNO4. The fraction of sp³-hybridized carbons (Fsp3) is 0.0833. The van der Waals surface area contributed by atoms with E-state index in [-0.39, 0.29) is 12.4 Å². The number of oxime groups is 1. The van der Waals surface area contributed by atoms with Gasteiger partial charge in [-0.25, -0.2) is 9.18 Å². The SMILES string of the molecule is COc1cc(/C=C2\C(=O)ON=C2c2ccccc2)ccc1OCc1cccc(F)c1. The van der Waals surface area contributed by atoms with E-state index in [4.69, 9.17) is 14.3 Å². The Balaban J connectivity index is 1.57. The zero-order valence-electron chi connectivity index (χ0n) is 16.2. The summed E-state index contributed by atoms with van der Waals surface area (Å²) in [6.07, 6.45) is 1.69. The van der Waals surface area contributed by atoms with Crippen LogP contribution in [0.3, 0.4) is 0 Å².